The number of rotatable bonds is 3. The van der Waals surface area contributed by atoms with Gasteiger partial charge in [-0.3, -0.25) is 4.79 Å². The van der Waals surface area contributed by atoms with Gasteiger partial charge in [0.05, 0.1) is 0 Å². The molecule has 0 saturated carbocycles. The number of nitrogens with one attached hydrogen (secondary N) is 1. The molecule has 1 aromatic rings. The summed E-state index contributed by atoms with van der Waals surface area (Å²) in [6.07, 6.45) is 0. The molecular weight excluding hydrogens is 246 g/mol. The molecule has 1 rings (SSSR count). The van der Waals surface area contributed by atoms with Crippen molar-refractivity contribution in [1.29, 1.82) is 0 Å². The quantitative estimate of drug-likeness (QED) is 0.818. The topological polar surface area (TPSA) is 75.6 Å². The molecule has 2 N–H and O–H groups in total. The van der Waals surface area contributed by atoms with Gasteiger partial charge >= 0.3 is 5.97 Å². The second-order valence-electron chi connectivity index (χ2n) is 5.28. The SMILES string of the molecule is C[C@@H](NC(=O)c1cccc(O)c1)C(=O)OC(C)(C)C. The van der Waals surface area contributed by atoms with Crippen molar-refractivity contribution in [2.45, 2.75) is 39.3 Å². The van der Waals surface area contributed by atoms with Crippen molar-refractivity contribution < 1.29 is 19.4 Å². The fourth-order valence-corrected chi connectivity index (χ4v) is 1.38. The van der Waals surface area contributed by atoms with Gasteiger partial charge in [0.2, 0.25) is 0 Å². The van der Waals surface area contributed by atoms with Crippen LogP contribution in [0.25, 0.3) is 0 Å². The monoisotopic (exact) mass is 265 g/mol. The van der Waals surface area contributed by atoms with Gasteiger partial charge in [-0.05, 0) is 45.9 Å². The van der Waals surface area contributed by atoms with E-state index in [0.29, 0.717) is 0 Å². The second kappa shape index (κ2) is 5.73. The van der Waals surface area contributed by atoms with E-state index in [2.05, 4.69) is 5.32 Å². The van der Waals surface area contributed by atoms with Crippen LogP contribution in [0.2, 0.25) is 0 Å². The van der Waals surface area contributed by atoms with Crippen LogP contribution in [0.4, 0.5) is 0 Å². The average molecular weight is 265 g/mol. The van der Waals surface area contributed by atoms with Crippen molar-refractivity contribution in [2.75, 3.05) is 0 Å². The van der Waals surface area contributed by atoms with Gasteiger partial charge in [-0.25, -0.2) is 4.79 Å². The number of aromatic hydroxyl groups is 1. The van der Waals surface area contributed by atoms with E-state index in [1.165, 1.54) is 12.1 Å². The van der Waals surface area contributed by atoms with Gasteiger partial charge in [0, 0.05) is 5.56 Å². The number of carbonyl (C=O) groups is 2. The third kappa shape index (κ3) is 4.99. The van der Waals surface area contributed by atoms with Crippen LogP contribution in [-0.4, -0.2) is 28.6 Å². The van der Waals surface area contributed by atoms with Crippen molar-refractivity contribution in [1.82, 2.24) is 5.32 Å². The highest BCUT2D eigenvalue weighted by molar-refractivity contribution is 5.97. The molecule has 0 saturated heterocycles. The van der Waals surface area contributed by atoms with E-state index in [1.54, 1.807) is 39.8 Å². The smallest absolute Gasteiger partial charge is 0.328 e. The van der Waals surface area contributed by atoms with Crippen molar-refractivity contribution in [3.63, 3.8) is 0 Å². The van der Waals surface area contributed by atoms with Crippen LogP contribution < -0.4 is 5.32 Å². The molecule has 0 aliphatic carbocycles. The van der Waals surface area contributed by atoms with Crippen LogP contribution >= 0.6 is 0 Å². The maximum absolute atomic E-state index is 11.8. The lowest BCUT2D eigenvalue weighted by Gasteiger charge is -2.22. The average Bonchev–Trinajstić information content (AvgIpc) is 2.26. The predicted molar refractivity (Wildman–Crippen MR) is 70.9 cm³/mol. The van der Waals surface area contributed by atoms with Gasteiger partial charge in [-0.15, -0.1) is 0 Å². The maximum atomic E-state index is 11.8. The first-order valence-corrected chi connectivity index (χ1v) is 6.02. The lowest BCUT2D eigenvalue weighted by molar-refractivity contribution is -0.156. The molecule has 1 aromatic carbocycles. The largest absolute Gasteiger partial charge is 0.508 e. The molecule has 0 spiro atoms. The molecular formula is C14H19NO4. The Morgan fingerprint density at radius 3 is 2.47 bits per heavy atom. The summed E-state index contributed by atoms with van der Waals surface area (Å²) in [5.74, 6) is -0.937. The summed E-state index contributed by atoms with van der Waals surface area (Å²) >= 11 is 0. The first kappa shape index (κ1) is 15.0. The number of benzene rings is 1. The Bertz CT molecular complexity index is 477. The van der Waals surface area contributed by atoms with E-state index in [-0.39, 0.29) is 11.3 Å². The summed E-state index contributed by atoms with van der Waals surface area (Å²) in [7, 11) is 0. The van der Waals surface area contributed by atoms with E-state index < -0.39 is 23.5 Å². The minimum Gasteiger partial charge on any atom is -0.508 e. The molecule has 0 radical (unpaired) electrons. The molecule has 5 nitrogen and oxygen atoms in total. The fraction of sp³-hybridized carbons (Fsp3) is 0.429. The zero-order valence-electron chi connectivity index (χ0n) is 11.6. The normalized spacial score (nSPS) is 12.6. The molecule has 0 aliphatic heterocycles. The van der Waals surface area contributed by atoms with Crippen LogP contribution in [0, 0.1) is 0 Å². The summed E-state index contributed by atoms with van der Waals surface area (Å²) in [5, 5.41) is 11.8. The highest BCUT2D eigenvalue weighted by atomic mass is 16.6. The first-order valence-electron chi connectivity index (χ1n) is 6.02. The molecule has 0 bridgehead atoms. The summed E-state index contributed by atoms with van der Waals surface area (Å²) in [4.78, 5) is 23.6. The summed E-state index contributed by atoms with van der Waals surface area (Å²) in [6.45, 7) is 6.83. The standard InChI is InChI=1S/C14H19NO4/c1-9(13(18)19-14(2,3)4)15-12(17)10-6-5-7-11(16)8-10/h5-9,16H,1-4H3,(H,15,17)/t9-/m1/s1. The lowest BCUT2D eigenvalue weighted by Crippen LogP contribution is -2.42. The number of hydrogen-bond acceptors (Lipinski definition) is 4. The number of carbonyl (C=O) groups excluding carboxylic acids is 2. The van der Waals surface area contributed by atoms with Gasteiger partial charge in [0.1, 0.15) is 17.4 Å². The number of amides is 1. The molecule has 1 amide bonds. The minimum atomic E-state index is -0.755. The molecule has 104 valence electrons. The predicted octanol–water partition coefficient (Wildman–Crippen LogP) is 1.85. The Hall–Kier alpha value is -2.04. The number of phenolic OH excluding ortho intramolecular Hbond substituents is 1. The Kier molecular flexibility index (Phi) is 4.53. The number of hydrogen-bond donors (Lipinski definition) is 2. The van der Waals surface area contributed by atoms with Crippen molar-refractivity contribution in [3.05, 3.63) is 29.8 Å². The van der Waals surface area contributed by atoms with E-state index in [1.807, 2.05) is 0 Å². The van der Waals surface area contributed by atoms with Gasteiger partial charge in [0.25, 0.3) is 5.91 Å². The van der Waals surface area contributed by atoms with Crippen molar-refractivity contribution in [3.8, 4) is 5.75 Å². The minimum absolute atomic E-state index is 0.00225. The van der Waals surface area contributed by atoms with Crippen LogP contribution in [0.1, 0.15) is 38.1 Å². The van der Waals surface area contributed by atoms with Gasteiger partial charge in [0.15, 0.2) is 0 Å². The highest BCUT2D eigenvalue weighted by Crippen LogP contribution is 2.12. The zero-order chi connectivity index (χ0) is 14.6. The molecule has 0 aromatic heterocycles. The number of phenols is 1. The molecule has 19 heavy (non-hydrogen) atoms. The highest BCUT2D eigenvalue weighted by Gasteiger charge is 2.23. The summed E-state index contributed by atoms with van der Waals surface area (Å²) < 4.78 is 5.16. The second-order valence-corrected chi connectivity index (χ2v) is 5.28. The first-order chi connectivity index (χ1) is 8.69. The van der Waals surface area contributed by atoms with E-state index in [9.17, 15) is 14.7 Å². The molecule has 1 atom stereocenters. The Morgan fingerprint density at radius 2 is 1.95 bits per heavy atom. The van der Waals surface area contributed by atoms with Crippen LogP contribution in [0.5, 0.6) is 5.75 Å². The Labute approximate surface area is 112 Å². The number of esters is 1. The number of ether oxygens (including phenoxy) is 1. The van der Waals surface area contributed by atoms with E-state index >= 15 is 0 Å². The summed E-state index contributed by atoms with van der Waals surface area (Å²) in [5.41, 5.74) is -0.309. The molecule has 0 heterocycles. The third-order valence-corrected chi connectivity index (χ3v) is 2.22. The van der Waals surface area contributed by atoms with Gasteiger partial charge in [-0.1, -0.05) is 6.07 Å². The lowest BCUT2D eigenvalue weighted by atomic mass is 10.1. The van der Waals surface area contributed by atoms with Crippen LogP contribution in [0.15, 0.2) is 24.3 Å². The van der Waals surface area contributed by atoms with Crippen molar-refractivity contribution >= 4 is 11.9 Å². The van der Waals surface area contributed by atoms with E-state index in [0.717, 1.165) is 0 Å². The van der Waals surface area contributed by atoms with E-state index in [4.69, 9.17) is 4.74 Å². The molecule has 0 aliphatic rings. The molecule has 5 heteroatoms. The summed E-state index contributed by atoms with van der Waals surface area (Å²) in [6, 6.07) is 5.15. The Balaban J connectivity index is 2.64. The zero-order valence-corrected chi connectivity index (χ0v) is 11.6. The van der Waals surface area contributed by atoms with Crippen molar-refractivity contribution in [2.24, 2.45) is 0 Å². The van der Waals surface area contributed by atoms with Gasteiger partial charge < -0.3 is 15.2 Å². The molecule has 0 unspecified atom stereocenters. The van der Waals surface area contributed by atoms with Crippen LogP contribution in [0.3, 0.4) is 0 Å². The van der Waals surface area contributed by atoms with Crippen LogP contribution in [-0.2, 0) is 9.53 Å². The third-order valence-electron chi connectivity index (χ3n) is 2.22. The molecule has 0 fully saturated rings. The van der Waals surface area contributed by atoms with Gasteiger partial charge in [-0.2, -0.15) is 0 Å². The fourth-order valence-electron chi connectivity index (χ4n) is 1.38. The Morgan fingerprint density at radius 1 is 1.32 bits per heavy atom. The maximum Gasteiger partial charge on any atom is 0.328 e.